The fourth-order valence-electron chi connectivity index (χ4n) is 2.62. The first kappa shape index (κ1) is 12.6. The molecule has 1 aromatic carbocycles. The molecule has 22 heavy (non-hydrogen) atoms. The number of carbonyl (C=O) groups is 1. The maximum absolute atomic E-state index is 11.7. The van der Waals surface area contributed by atoms with E-state index in [2.05, 4.69) is 25.8 Å². The van der Waals surface area contributed by atoms with Crippen molar-refractivity contribution in [2.45, 2.75) is 6.54 Å². The van der Waals surface area contributed by atoms with Crippen molar-refractivity contribution in [1.82, 2.24) is 20.5 Å². The highest BCUT2D eigenvalue weighted by Gasteiger charge is 2.21. The second-order valence-electron chi connectivity index (χ2n) is 5.06. The molecule has 0 aliphatic carbocycles. The number of benzene rings is 1. The van der Waals surface area contributed by atoms with E-state index in [1.165, 1.54) is 0 Å². The van der Waals surface area contributed by atoms with E-state index in [0.29, 0.717) is 6.54 Å². The van der Waals surface area contributed by atoms with Gasteiger partial charge in [-0.1, -0.05) is 12.1 Å². The number of carbonyl (C=O) groups excluding carboxylic acids is 1. The molecule has 1 amide bonds. The molecule has 2 aromatic heterocycles. The molecule has 0 unspecified atom stereocenters. The molecule has 0 saturated heterocycles. The topological polar surface area (TPSA) is 82.7 Å². The second-order valence-corrected chi connectivity index (χ2v) is 5.06. The van der Waals surface area contributed by atoms with Crippen LogP contribution in [0.1, 0.15) is 15.9 Å². The van der Waals surface area contributed by atoms with Crippen LogP contribution in [-0.4, -0.2) is 21.1 Å². The summed E-state index contributed by atoms with van der Waals surface area (Å²) in [4.78, 5) is 16.2. The van der Waals surface area contributed by atoms with Crippen molar-refractivity contribution in [2.24, 2.45) is 0 Å². The summed E-state index contributed by atoms with van der Waals surface area (Å²) in [6.07, 6.45) is 5.26. The maximum Gasteiger partial charge on any atom is 0.251 e. The van der Waals surface area contributed by atoms with Crippen LogP contribution < -0.4 is 10.6 Å². The van der Waals surface area contributed by atoms with Crippen LogP contribution in [0.15, 0.2) is 48.9 Å². The van der Waals surface area contributed by atoms with Gasteiger partial charge < -0.3 is 10.6 Å². The average molecular weight is 291 g/mol. The van der Waals surface area contributed by atoms with Crippen molar-refractivity contribution in [3.63, 3.8) is 0 Å². The van der Waals surface area contributed by atoms with Gasteiger partial charge in [0.15, 0.2) is 0 Å². The molecular formula is C16H13N5O. The minimum atomic E-state index is -0.0111. The number of hydrogen-bond donors (Lipinski definition) is 3. The number of aromatic amines is 1. The minimum absolute atomic E-state index is 0.0111. The van der Waals surface area contributed by atoms with E-state index >= 15 is 0 Å². The molecular weight excluding hydrogens is 278 g/mol. The second kappa shape index (κ2) is 5.00. The monoisotopic (exact) mass is 291 g/mol. The number of hydrogen-bond acceptors (Lipinski definition) is 4. The summed E-state index contributed by atoms with van der Waals surface area (Å²) in [7, 11) is 0. The minimum Gasteiger partial charge on any atom is -0.348 e. The summed E-state index contributed by atoms with van der Waals surface area (Å²) >= 11 is 0. The van der Waals surface area contributed by atoms with Gasteiger partial charge in [-0.15, -0.1) is 0 Å². The van der Waals surface area contributed by atoms with Crippen LogP contribution in [0.5, 0.6) is 0 Å². The molecule has 0 atom stereocenters. The molecule has 0 spiro atoms. The Morgan fingerprint density at radius 2 is 2.00 bits per heavy atom. The van der Waals surface area contributed by atoms with Gasteiger partial charge in [-0.2, -0.15) is 5.10 Å². The predicted octanol–water partition coefficient (Wildman–Crippen LogP) is 2.46. The molecule has 6 nitrogen and oxygen atoms in total. The standard InChI is InChI=1S/C16H13N5O/c22-16-13-3-1-2-12(14(13)9-18-16)10-4-5-15(17-6-10)21-11-7-19-20-8-11/h1-8H,9H2,(H,17,21)(H,18,22)(H,19,20). The van der Waals surface area contributed by atoms with Crippen molar-refractivity contribution in [2.75, 3.05) is 5.32 Å². The summed E-state index contributed by atoms with van der Waals surface area (Å²) in [5.41, 5.74) is 4.67. The number of H-pyrrole nitrogens is 1. The quantitative estimate of drug-likeness (QED) is 0.692. The first-order chi connectivity index (χ1) is 10.8. The van der Waals surface area contributed by atoms with Gasteiger partial charge in [-0.25, -0.2) is 4.98 Å². The molecule has 0 radical (unpaired) electrons. The van der Waals surface area contributed by atoms with Gasteiger partial charge in [0.2, 0.25) is 0 Å². The van der Waals surface area contributed by atoms with Crippen molar-refractivity contribution < 1.29 is 4.79 Å². The zero-order valence-corrected chi connectivity index (χ0v) is 11.6. The molecule has 3 N–H and O–H groups in total. The van der Waals surface area contributed by atoms with Crippen LogP contribution in [0, 0.1) is 0 Å². The highest BCUT2D eigenvalue weighted by Crippen LogP contribution is 2.29. The number of rotatable bonds is 3. The number of fused-ring (bicyclic) bond motifs is 1. The summed E-state index contributed by atoms with van der Waals surface area (Å²) in [6, 6.07) is 9.67. The lowest BCUT2D eigenvalue weighted by atomic mass is 9.98. The third kappa shape index (κ3) is 2.10. The van der Waals surface area contributed by atoms with E-state index in [4.69, 9.17) is 0 Å². The van der Waals surface area contributed by atoms with Crippen LogP contribution in [-0.2, 0) is 6.54 Å². The van der Waals surface area contributed by atoms with E-state index in [-0.39, 0.29) is 5.91 Å². The van der Waals surface area contributed by atoms with Crippen LogP contribution >= 0.6 is 0 Å². The number of pyridine rings is 1. The van der Waals surface area contributed by atoms with E-state index in [9.17, 15) is 4.79 Å². The molecule has 1 aliphatic rings. The normalized spacial score (nSPS) is 12.8. The molecule has 3 heterocycles. The fourth-order valence-corrected chi connectivity index (χ4v) is 2.62. The van der Waals surface area contributed by atoms with Gasteiger partial charge in [0.1, 0.15) is 5.82 Å². The van der Waals surface area contributed by atoms with Crippen molar-refractivity contribution in [3.8, 4) is 11.1 Å². The lowest BCUT2D eigenvalue weighted by Crippen LogP contribution is -2.12. The smallest absolute Gasteiger partial charge is 0.251 e. The zero-order valence-electron chi connectivity index (χ0n) is 11.6. The Labute approximate surface area is 126 Å². The highest BCUT2D eigenvalue weighted by atomic mass is 16.1. The van der Waals surface area contributed by atoms with Gasteiger partial charge in [0.25, 0.3) is 5.91 Å². The molecule has 0 bridgehead atoms. The fraction of sp³-hybridized carbons (Fsp3) is 0.0625. The number of aromatic nitrogens is 3. The lowest BCUT2D eigenvalue weighted by Gasteiger charge is -2.08. The predicted molar refractivity (Wildman–Crippen MR) is 82.7 cm³/mol. The van der Waals surface area contributed by atoms with Gasteiger partial charge >= 0.3 is 0 Å². The molecule has 3 aromatic rings. The van der Waals surface area contributed by atoms with Crippen LogP contribution in [0.25, 0.3) is 11.1 Å². The Morgan fingerprint density at radius 1 is 1.09 bits per heavy atom. The van der Waals surface area contributed by atoms with E-state index in [1.807, 2.05) is 30.3 Å². The number of nitrogens with zero attached hydrogens (tertiary/aromatic N) is 2. The Morgan fingerprint density at radius 3 is 2.77 bits per heavy atom. The van der Waals surface area contributed by atoms with E-state index in [1.54, 1.807) is 18.6 Å². The van der Waals surface area contributed by atoms with Gasteiger partial charge in [-0.3, -0.25) is 9.89 Å². The molecule has 4 rings (SSSR count). The van der Waals surface area contributed by atoms with Gasteiger partial charge in [0, 0.05) is 30.1 Å². The van der Waals surface area contributed by atoms with E-state index in [0.717, 1.165) is 33.8 Å². The summed E-state index contributed by atoms with van der Waals surface area (Å²) < 4.78 is 0. The zero-order chi connectivity index (χ0) is 14.9. The molecule has 0 saturated carbocycles. The molecule has 0 fully saturated rings. The number of nitrogens with one attached hydrogen (secondary N) is 3. The van der Waals surface area contributed by atoms with Crippen molar-refractivity contribution in [1.29, 1.82) is 0 Å². The summed E-state index contributed by atoms with van der Waals surface area (Å²) in [6.45, 7) is 0.569. The van der Waals surface area contributed by atoms with Crippen LogP contribution in [0.3, 0.4) is 0 Å². The first-order valence-corrected chi connectivity index (χ1v) is 6.93. The Kier molecular flexibility index (Phi) is 2.86. The third-order valence-corrected chi connectivity index (χ3v) is 3.69. The Bertz CT molecular complexity index is 824. The Balaban J connectivity index is 1.66. The first-order valence-electron chi connectivity index (χ1n) is 6.93. The van der Waals surface area contributed by atoms with Crippen LogP contribution in [0.2, 0.25) is 0 Å². The lowest BCUT2D eigenvalue weighted by molar-refractivity contribution is 0.0966. The average Bonchev–Trinajstić information content (AvgIpc) is 3.18. The highest BCUT2D eigenvalue weighted by molar-refractivity contribution is 6.00. The largest absolute Gasteiger partial charge is 0.348 e. The Hall–Kier alpha value is -3.15. The van der Waals surface area contributed by atoms with Gasteiger partial charge in [-0.05, 0) is 29.3 Å². The van der Waals surface area contributed by atoms with Crippen LogP contribution in [0.4, 0.5) is 11.5 Å². The van der Waals surface area contributed by atoms with Gasteiger partial charge in [0.05, 0.1) is 11.9 Å². The van der Waals surface area contributed by atoms with Crippen molar-refractivity contribution in [3.05, 3.63) is 60.0 Å². The summed E-state index contributed by atoms with van der Waals surface area (Å²) in [5.74, 6) is 0.731. The SMILES string of the molecule is O=C1NCc2c1cccc2-c1ccc(Nc2cn[nH]c2)nc1. The maximum atomic E-state index is 11.7. The van der Waals surface area contributed by atoms with Crippen molar-refractivity contribution >= 4 is 17.4 Å². The van der Waals surface area contributed by atoms with E-state index < -0.39 is 0 Å². The summed E-state index contributed by atoms with van der Waals surface area (Å²) in [5, 5.41) is 12.6. The number of anilines is 2. The molecule has 6 heteroatoms. The molecule has 108 valence electrons. The molecule has 1 aliphatic heterocycles. The number of amides is 1. The third-order valence-electron chi connectivity index (χ3n) is 3.69.